The van der Waals surface area contributed by atoms with Crippen molar-refractivity contribution in [3.8, 4) is 11.5 Å². The molecule has 0 unspecified atom stereocenters. The van der Waals surface area contributed by atoms with Gasteiger partial charge in [-0.1, -0.05) is 23.7 Å². The lowest BCUT2D eigenvalue weighted by atomic mass is 10.2. The van der Waals surface area contributed by atoms with E-state index in [0.717, 1.165) is 12.3 Å². The van der Waals surface area contributed by atoms with E-state index < -0.39 is 21.7 Å². The first-order valence-corrected chi connectivity index (χ1v) is 10.4. The lowest BCUT2D eigenvalue weighted by Crippen LogP contribution is -2.44. The summed E-state index contributed by atoms with van der Waals surface area (Å²) in [5.74, 6) is -0.519. The minimum atomic E-state index is -3.51. The molecule has 0 spiro atoms. The fourth-order valence-corrected chi connectivity index (χ4v) is 2.98. The van der Waals surface area contributed by atoms with Gasteiger partial charge in [-0.3, -0.25) is 20.4 Å². The molecular weight excluding hydrogens is 408 g/mol. The summed E-state index contributed by atoms with van der Waals surface area (Å²) in [4.78, 5) is 24.0. The van der Waals surface area contributed by atoms with Gasteiger partial charge in [0.1, 0.15) is 0 Å². The van der Waals surface area contributed by atoms with Crippen molar-refractivity contribution in [1.82, 2.24) is 10.9 Å². The number of carbonyl (C=O) groups excluding carboxylic acids is 2. The molecule has 2 amide bonds. The van der Waals surface area contributed by atoms with Crippen LogP contribution in [0.2, 0.25) is 5.02 Å². The summed E-state index contributed by atoms with van der Waals surface area (Å²) in [6.07, 6.45) is 1.01. The van der Waals surface area contributed by atoms with Gasteiger partial charge < -0.3 is 9.47 Å². The van der Waals surface area contributed by atoms with Crippen molar-refractivity contribution in [1.29, 1.82) is 0 Å². The first-order chi connectivity index (χ1) is 13.2. The van der Waals surface area contributed by atoms with Crippen LogP contribution in [0, 0.1) is 0 Å². The summed E-state index contributed by atoms with van der Waals surface area (Å²) >= 11 is 5.94. The Balaban J connectivity index is 1.95. The molecule has 2 N–H and O–H groups in total. The van der Waals surface area contributed by atoms with Crippen molar-refractivity contribution in [3.05, 3.63) is 53.1 Å². The second kappa shape index (κ2) is 9.43. The summed E-state index contributed by atoms with van der Waals surface area (Å²) < 4.78 is 34.0. The Bertz CT molecular complexity index is 978. The smallest absolute Gasteiger partial charge is 0.276 e. The van der Waals surface area contributed by atoms with Crippen LogP contribution in [0.4, 0.5) is 0 Å². The van der Waals surface area contributed by atoms with Crippen LogP contribution in [-0.2, 0) is 14.6 Å². The second-order valence-electron chi connectivity index (χ2n) is 5.58. The van der Waals surface area contributed by atoms with Gasteiger partial charge in [-0.2, -0.15) is 0 Å². The highest BCUT2D eigenvalue weighted by molar-refractivity contribution is 7.90. The highest BCUT2D eigenvalue weighted by Gasteiger charge is 2.16. The number of carbonyl (C=O) groups is 2. The van der Waals surface area contributed by atoms with Gasteiger partial charge in [-0.15, -0.1) is 0 Å². The van der Waals surface area contributed by atoms with E-state index in [0.29, 0.717) is 18.1 Å². The van der Waals surface area contributed by atoms with E-state index in [9.17, 15) is 18.0 Å². The molecular formula is C18H19ClN2O6S. The number of rotatable bonds is 7. The van der Waals surface area contributed by atoms with Crippen molar-refractivity contribution in [2.75, 3.05) is 19.5 Å². The van der Waals surface area contributed by atoms with Gasteiger partial charge in [-0.25, -0.2) is 8.42 Å². The molecule has 2 aromatic rings. The van der Waals surface area contributed by atoms with Crippen LogP contribution in [-0.4, -0.2) is 39.7 Å². The Kier molecular flexibility index (Phi) is 7.24. The van der Waals surface area contributed by atoms with E-state index in [-0.39, 0.29) is 22.1 Å². The number of hydrazine groups is 1. The molecule has 2 rings (SSSR count). The number of halogens is 1. The van der Waals surface area contributed by atoms with E-state index in [1.807, 2.05) is 6.92 Å². The predicted octanol–water partition coefficient (Wildman–Crippen LogP) is 1.98. The predicted molar refractivity (Wildman–Crippen MR) is 103 cm³/mol. The Morgan fingerprint density at radius 2 is 1.68 bits per heavy atom. The minimum Gasteiger partial charge on any atom is -0.490 e. The van der Waals surface area contributed by atoms with Crippen LogP contribution in [0.5, 0.6) is 11.5 Å². The first-order valence-electron chi connectivity index (χ1n) is 8.15. The van der Waals surface area contributed by atoms with Gasteiger partial charge in [0.2, 0.25) is 0 Å². The quantitative estimate of drug-likeness (QED) is 0.655. The molecule has 0 aliphatic carbocycles. The standard InChI is InChI=1S/C18H19ClN2O6S/c1-3-26-15-6-4-5-7-16(15)27-11-17(22)20-21-18(23)13-10-12(28(2,24)25)8-9-14(13)19/h4-10H,3,11H2,1-2H3,(H,20,22)(H,21,23). The highest BCUT2D eigenvalue weighted by Crippen LogP contribution is 2.26. The fourth-order valence-electron chi connectivity index (χ4n) is 2.13. The van der Waals surface area contributed by atoms with Crippen LogP contribution in [0.1, 0.15) is 17.3 Å². The molecule has 8 nitrogen and oxygen atoms in total. The van der Waals surface area contributed by atoms with E-state index >= 15 is 0 Å². The van der Waals surface area contributed by atoms with E-state index in [1.165, 1.54) is 12.1 Å². The fraction of sp³-hybridized carbons (Fsp3) is 0.222. The first kappa shape index (κ1) is 21.5. The molecule has 0 aromatic heterocycles. The summed E-state index contributed by atoms with van der Waals surface area (Å²) in [7, 11) is -3.51. The topological polar surface area (TPSA) is 111 Å². The summed E-state index contributed by atoms with van der Waals surface area (Å²) in [6, 6.07) is 10.6. The van der Waals surface area contributed by atoms with Crippen molar-refractivity contribution < 1.29 is 27.5 Å². The van der Waals surface area contributed by atoms with Gasteiger partial charge in [0.05, 0.1) is 22.1 Å². The van der Waals surface area contributed by atoms with Crippen LogP contribution in [0.25, 0.3) is 0 Å². The number of ether oxygens (including phenoxy) is 2. The molecule has 0 aliphatic rings. The lowest BCUT2D eigenvalue weighted by molar-refractivity contribution is -0.123. The summed E-state index contributed by atoms with van der Waals surface area (Å²) in [5.41, 5.74) is 4.25. The van der Waals surface area contributed by atoms with Crippen LogP contribution in [0.15, 0.2) is 47.4 Å². The molecule has 10 heteroatoms. The average molecular weight is 427 g/mol. The number of hydrogen-bond acceptors (Lipinski definition) is 6. The van der Waals surface area contributed by atoms with Gasteiger partial charge in [0, 0.05) is 6.26 Å². The molecule has 0 bridgehead atoms. The molecule has 0 radical (unpaired) electrons. The van der Waals surface area contributed by atoms with Crippen molar-refractivity contribution >= 4 is 33.3 Å². The molecule has 0 saturated heterocycles. The lowest BCUT2D eigenvalue weighted by Gasteiger charge is -2.12. The SMILES string of the molecule is CCOc1ccccc1OCC(=O)NNC(=O)c1cc(S(C)(=O)=O)ccc1Cl. The molecule has 0 saturated carbocycles. The minimum absolute atomic E-state index is 0.0426. The maximum Gasteiger partial charge on any atom is 0.276 e. The molecule has 0 atom stereocenters. The third-order valence-electron chi connectivity index (χ3n) is 3.43. The van der Waals surface area contributed by atoms with E-state index in [4.69, 9.17) is 21.1 Å². The number of hydrogen-bond donors (Lipinski definition) is 2. The van der Waals surface area contributed by atoms with Crippen molar-refractivity contribution in [3.63, 3.8) is 0 Å². The monoisotopic (exact) mass is 426 g/mol. The number of para-hydroxylation sites is 2. The molecule has 150 valence electrons. The van der Waals surface area contributed by atoms with Gasteiger partial charge in [-0.05, 0) is 37.3 Å². The number of benzene rings is 2. The normalized spacial score (nSPS) is 10.8. The summed E-state index contributed by atoms with van der Waals surface area (Å²) in [6.45, 7) is 1.89. The molecule has 0 fully saturated rings. The van der Waals surface area contributed by atoms with Gasteiger partial charge >= 0.3 is 0 Å². The van der Waals surface area contributed by atoms with E-state index in [2.05, 4.69) is 10.9 Å². The number of sulfone groups is 1. The van der Waals surface area contributed by atoms with Crippen molar-refractivity contribution in [2.45, 2.75) is 11.8 Å². The Hall–Kier alpha value is -2.78. The zero-order chi connectivity index (χ0) is 20.7. The number of nitrogens with one attached hydrogen (secondary N) is 2. The van der Waals surface area contributed by atoms with Gasteiger partial charge in [0.25, 0.3) is 11.8 Å². The Labute approximate surface area is 167 Å². The highest BCUT2D eigenvalue weighted by atomic mass is 35.5. The Morgan fingerprint density at radius 1 is 1.04 bits per heavy atom. The van der Waals surface area contributed by atoms with E-state index in [1.54, 1.807) is 24.3 Å². The van der Waals surface area contributed by atoms with Crippen LogP contribution >= 0.6 is 11.6 Å². The van der Waals surface area contributed by atoms with Gasteiger partial charge in [0.15, 0.2) is 27.9 Å². The van der Waals surface area contributed by atoms with Crippen LogP contribution in [0.3, 0.4) is 0 Å². The molecule has 0 aliphatic heterocycles. The molecule has 28 heavy (non-hydrogen) atoms. The number of amides is 2. The third-order valence-corrected chi connectivity index (χ3v) is 4.87. The second-order valence-corrected chi connectivity index (χ2v) is 8.01. The summed E-state index contributed by atoms with van der Waals surface area (Å²) in [5, 5.41) is 0.0426. The maximum atomic E-state index is 12.2. The molecule has 2 aromatic carbocycles. The Morgan fingerprint density at radius 3 is 2.29 bits per heavy atom. The van der Waals surface area contributed by atoms with Crippen LogP contribution < -0.4 is 20.3 Å². The average Bonchev–Trinajstić information content (AvgIpc) is 2.65. The largest absolute Gasteiger partial charge is 0.490 e. The third kappa shape index (κ3) is 5.86. The zero-order valence-corrected chi connectivity index (χ0v) is 16.8. The zero-order valence-electron chi connectivity index (χ0n) is 15.2. The van der Waals surface area contributed by atoms with Crippen molar-refractivity contribution in [2.24, 2.45) is 0 Å². The maximum absolute atomic E-state index is 12.2. The molecule has 0 heterocycles.